The van der Waals surface area contributed by atoms with Gasteiger partial charge in [-0.1, -0.05) is 37.3 Å². The molecule has 0 radical (unpaired) electrons. The molecule has 0 spiro atoms. The van der Waals surface area contributed by atoms with Crippen molar-refractivity contribution < 1.29 is 14.6 Å². The predicted octanol–water partition coefficient (Wildman–Crippen LogP) is 4.09. The van der Waals surface area contributed by atoms with E-state index in [2.05, 4.69) is 12.2 Å². The minimum Gasteiger partial charge on any atom is -0.481 e. The van der Waals surface area contributed by atoms with Gasteiger partial charge in [0.25, 0.3) is 0 Å². The lowest BCUT2D eigenvalue weighted by molar-refractivity contribution is -0.138. The molecule has 4 nitrogen and oxygen atoms in total. The summed E-state index contributed by atoms with van der Waals surface area (Å²) in [6.45, 7) is 5.00. The fraction of sp³-hybridized carbons (Fsp3) is 0.350. The molecule has 126 valence electrons. The van der Waals surface area contributed by atoms with Gasteiger partial charge in [-0.3, -0.25) is 4.79 Å². The number of para-hydroxylation sites is 1. The maximum Gasteiger partial charge on any atom is 0.305 e. The average Bonchev–Trinajstić information content (AvgIpc) is 2.91. The lowest BCUT2D eigenvalue weighted by atomic mass is 9.83. The number of ether oxygens (including phenoxy) is 1. The average molecular weight is 325 g/mol. The zero-order valence-corrected chi connectivity index (χ0v) is 14.1. The molecule has 1 aliphatic heterocycles. The first kappa shape index (κ1) is 16.5. The Hall–Kier alpha value is -2.33. The first-order valence-corrected chi connectivity index (χ1v) is 8.29. The Morgan fingerprint density at radius 1 is 1.25 bits per heavy atom. The number of rotatable bonds is 5. The van der Waals surface area contributed by atoms with Crippen LogP contribution >= 0.6 is 0 Å². The molecule has 0 saturated carbocycles. The van der Waals surface area contributed by atoms with Crippen LogP contribution in [0.5, 0.6) is 11.5 Å². The van der Waals surface area contributed by atoms with Crippen LogP contribution in [-0.2, 0) is 10.3 Å². The Balaban J connectivity index is 1.82. The van der Waals surface area contributed by atoms with Crippen LogP contribution < -0.4 is 10.1 Å². The van der Waals surface area contributed by atoms with Crippen molar-refractivity contribution in [3.05, 3.63) is 59.7 Å². The van der Waals surface area contributed by atoms with Crippen molar-refractivity contribution in [2.24, 2.45) is 5.92 Å². The van der Waals surface area contributed by atoms with Gasteiger partial charge in [-0.2, -0.15) is 0 Å². The van der Waals surface area contributed by atoms with Crippen molar-refractivity contribution in [3.8, 4) is 11.5 Å². The maximum atomic E-state index is 11.3. The van der Waals surface area contributed by atoms with E-state index in [9.17, 15) is 9.90 Å². The standard InChI is InChI=1S/C20H23NO3/c1-14-11-20(21-13-14,12-19(22)23)16-7-9-17(10-8-16)24-18-6-4-3-5-15(18)2/h3-10,14,21H,11-13H2,1-2H3,(H,22,23)/t14-,20-/m0/s1. The first-order valence-electron chi connectivity index (χ1n) is 8.29. The molecule has 2 N–H and O–H groups in total. The largest absolute Gasteiger partial charge is 0.481 e. The van der Waals surface area contributed by atoms with Crippen molar-refractivity contribution in [3.63, 3.8) is 0 Å². The number of carbonyl (C=O) groups is 1. The van der Waals surface area contributed by atoms with Gasteiger partial charge >= 0.3 is 5.97 Å². The first-order chi connectivity index (χ1) is 11.5. The Bertz CT molecular complexity index is 726. The second kappa shape index (κ2) is 6.65. The Labute approximate surface area is 142 Å². The molecule has 0 unspecified atom stereocenters. The Morgan fingerprint density at radius 2 is 1.96 bits per heavy atom. The van der Waals surface area contributed by atoms with E-state index in [4.69, 9.17) is 4.74 Å². The van der Waals surface area contributed by atoms with Crippen molar-refractivity contribution in [2.45, 2.75) is 32.2 Å². The fourth-order valence-corrected chi connectivity index (χ4v) is 3.46. The number of hydrogen-bond acceptors (Lipinski definition) is 3. The monoisotopic (exact) mass is 325 g/mol. The van der Waals surface area contributed by atoms with E-state index < -0.39 is 11.5 Å². The molecule has 0 bridgehead atoms. The van der Waals surface area contributed by atoms with Crippen LogP contribution in [-0.4, -0.2) is 17.6 Å². The summed E-state index contributed by atoms with van der Waals surface area (Å²) in [6.07, 6.45) is 0.923. The lowest BCUT2D eigenvalue weighted by Gasteiger charge is -2.29. The summed E-state index contributed by atoms with van der Waals surface area (Å²) in [4.78, 5) is 11.3. The topological polar surface area (TPSA) is 58.6 Å². The molecule has 1 saturated heterocycles. The number of benzene rings is 2. The lowest BCUT2D eigenvalue weighted by Crippen LogP contribution is -2.38. The highest BCUT2D eigenvalue weighted by Gasteiger charge is 2.40. The van der Waals surface area contributed by atoms with E-state index in [0.29, 0.717) is 5.92 Å². The number of nitrogens with one attached hydrogen (secondary N) is 1. The summed E-state index contributed by atoms with van der Waals surface area (Å²) in [6, 6.07) is 15.6. The van der Waals surface area contributed by atoms with Gasteiger partial charge in [0.05, 0.1) is 12.0 Å². The van der Waals surface area contributed by atoms with Crippen LogP contribution in [0.3, 0.4) is 0 Å². The van der Waals surface area contributed by atoms with Gasteiger partial charge < -0.3 is 15.2 Å². The van der Waals surface area contributed by atoms with E-state index in [1.807, 2.05) is 55.5 Å². The van der Waals surface area contributed by atoms with Crippen LogP contribution in [0, 0.1) is 12.8 Å². The highest BCUT2D eigenvalue weighted by atomic mass is 16.5. The molecular formula is C20H23NO3. The van der Waals surface area contributed by atoms with E-state index in [1.165, 1.54) is 0 Å². The molecule has 1 heterocycles. The quantitative estimate of drug-likeness (QED) is 0.869. The van der Waals surface area contributed by atoms with Gasteiger partial charge in [-0.15, -0.1) is 0 Å². The molecule has 1 aliphatic rings. The Morgan fingerprint density at radius 3 is 2.54 bits per heavy atom. The fourth-order valence-electron chi connectivity index (χ4n) is 3.46. The summed E-state index contributed by atoms with van der Waals surface area (Å²) in [5.41, 5.74) is 1.61. The zero-order chi connectivity index (χ0) is 17.2. The van der Waals surface area contributed by atoms with Gasteiger partial charge in [0.2, 0.25) is 0 Å². The second-order valence-corrected chi connectivity index (χ2v) is 6.73. The normalized spacial score (nSPS) is 23.2. The number of aryl methyl sites for hydroxylation is 1. The number of hydrogen-bond donors (Lipinski definition) is 2. The summed E-state index contributed by atoms with van der Waals surface area (Å²) in [5, 5.41) is 12.7. The smallest absolute Gasteiger partial charge is 0.305 e. The number of carboxylic acid groups (broad SMARTS) is 1. The maximum absolute atomic E-state index is 11.3. The second-order valence-electron chi connectivity index (χ2n) is 6.73. The zero-order valence-electron chi connectivity index (χ0n) is 14.1. The summed E-state index contributed by atoms with van der Waals surface area (Å²) in [5.74, 6) is 1.27. The van der Waals surface area contributed by atoms with Gasteiger partial charge in [-0.25, -0.2) is 0 Å². The van der Waals surface area contributed by atoms with Crippen LogP contribution in [0.2, 0.25) is 0 Å². The third-order valence-corrected chi connectivity index (χ3v) is 4.67. The molecule has 0 amide bonds. The molecule has 1 fully saturated rings. The van der Waals surface area contributed by atoms with Gasteiger partial charge in [0.1, 0.15) is 11.5 Å². The third-order valence-electron chi connectivity index (χ3n) is 4.67. The molecule has 2 aromatic rings. The van der Waals surface area contributed by atoms with Crippen LogP contribution in [0.25, 0.3) is 0 Å². The summed E-state index contributed by atoms with van der Waals surface area (Å²) < 4.78 is 5.93. The SMILES string of the molecule is Cc1ccccc1Oc1ccc([C@@]2(CC(=O)O)C[C@H](C)CN2)cc1. The van der Waals surface area contributed by atoms with Gasteiger partial charge in [-0.05, 0) is 55.1 Å². The van der Waals surface area contributed by atoms with Crippen LogP contribution in [0.4, 0.5) is 0 Å². The van der Waals surface area contributed by atoms with Crippen molar-refractivity contribution >= 4 is 5.97 Å². The minimum atomic E-state index is -0.781. The molecule has 0 aromatic heterocycles. The third kappa shape index (κ3) is 3.44. The van der Waals surface area contributed by atoms with Gasteiger partial charge in [0, 0.05) is 0 Å². The molecule has 4 heteroatoms. The summed E-state index contributed by atoms with van der Waals surface area (Å²) in [7, 11) is 0. The highest BCUT2D eigenvalue weighted by molar-refractivity contribution is 5.69. The molecule has 2 atom stereocenters. The van der Waals surface area contributed by atoms with Crippen LogP contribution in [0.15, 0.2) is 48.5 Å². The number of carboxylic acids is 1. The van der Waals surface area contributed by atoms with Crippen molar-refractivity contribution in [2.75, 3.05) is 6.54 Å². The summed E-state index contributed by atoms with van der Waals surface area (Å²) >= 11 is 0. The predicted molar refractivity (Wildman–Crippen MR) is 93.4 cm³/mol. The highest BCUT2D eigenvalue weighted by Crippen LogP contribution is 2.38. The van der Waals surface area contributed by atoms with Gasteiger partial charge in [0.15, 0.2) is 0 Å². The molecule has 2 aromatic carbocycles. The molecular weight excluding hydrogens is 302 g/mol. The molecule has 24 heavy (non-hydrogen) atoms. The molecule has 3 rings (SSSR count). The van der Waals surface area contributed by atoms with E-state index in [-0.39, 0.29) is 6.42 Å². The number of aliphatic carboxylic acids is 1. The van der Waals surface area contributed by atoms with Crippen molar-refractivity contribution in [1.29, 1.82) is 0 Å². The Kier molecular flexibility index (Phi) is 4.58. The minimum absolute atomic E-state index is 0.0926. The van der Waals surface area contributed by atoms with E-state index in [1.54, 1.807) is 0 Å². The van der Waals surface area contributed by atoms with E-state index in [0.717, 1.165) is 35.6 Å². The van der Waals surface area contributed by atoms with Crippen molar-refractivity contribution in [1.82, 2.24) is 5.32 Å². The van der Waals surface area contributed by atoms with E-state index >= 15 is 0 Å². The van der Waals surface area contributed by atoms with Crippen LogP contribution in [0.1, 0.15) is 30.9 Å². The molecule has 0 aliphatic carbocycles.